The lowest BCUT2D eigenvalue weighted by Gasteiger charge is -2.28. The molecule has 0 fully saturated rings. The van der Waals surface area contributed by atoms with E-state index in [1.54, 1.807) is 38.4 Å². The highest BCUT2D eigenvalue weighted by Crippen LogP contribution is 2.40. The molecule has 1 aliphatic heterocycles. The topological polar surface area (TPSA) is 94.2 Å². The Morgan fingerprint density at radius 1 is 1.09 bits per heavy atom. The summed E-state index contributed by atoms with van der Waals surface area (Å²) in [5.74, 6) is 1.74. The largest absolute Gasteiger partial charge is 0.496 e. The van der Waals surface area contributed by atoms with E-state index in [4.69, 9.17) is 14.2 Å². The Morgan fingerprint density at radius 3 is 2.21 bits per heavy atom. The van der Waals surface area contributed by atoms with Gasteiger partial charge in [-0.15, -0.1) is 6.58 Å². The van der Waals surface area contributed by atoms with Crippen LogP contribution < -0.4 is 18.9 Å². The smallest absolute Gasteiger partial charge is 0.254 e. The van der Waals surface area contributed by atoms with Crippen LogP contribution in [0, 0.1) is 0 Å². The quantitative estimate of drug-likeness (QED) is 0.564. The van der Waals surface area contributed by atoms with Crippen LogP contribution in [0.1, 0.15) is 22.3 Å². The number of hydrogen-bond acceptors (Lipinski definition) is 6. The highest BCUT2D eigenvalue weighted by Gasteiger charge is 2.24. The molecule has 0 aliphatic carbocycles. The predicted octanol–water partition coefficient (Wildman–Crippen LogP) is 3.11. The van der Waals surface area contributed by atoms with Gasteiger partial charge in [-0.05, 0) is 36.3 Å². The number of nitrogens with zero attached hydrogens (tertiary/aromatic N) is 1. The summed E-state index contributed by atoms with van der Waals surface area (Å²) in [6, 6.07) is 9.51. The summed E-state index contributed by atoms with van der Waals surface area (Å²) < 4.78 is 43.2. The van der Waals surface area contributed by atoms with Crippen molar-refractivity contribution < 1.29 is 27.4 Å². The molecular weight excluding hydrogens is 444 g/mol. The van der Waals surface area contributed by atoms with Crippen molar-refractivity contribution in [3.63, 3.8) is 0 Å². The molecule has 2 aromatic carbocycles. The molecule has 1 heterocycles. The van der Waals surface area contributed by atoms with Crippen LogP contribution in [-0.2, 0) is 10.0 Å². The molecule has 1 N–H and O–H groups in total. The molecule has 0 spiro atoms. The molecule has 1 aliphatic rings. The van der Waals surface area contributed by atoms with E-state index in [2.05, 4.69) is 11.3 Å². The van der Waals surface area contributed by atoms with Gasteiger partial charge in [0.1, 0.15) is 17.2 Å². The number of carbonyl (C=O) groups excluding carboxylic acids is 1. The highest BCUT2D eigenvalue weighted by atomic mass is 32.2. The van der Waals surface area contributed by atoms with Crippen molar-refractivity contribution in [3.8, 4) is 17.2 Å². The van der Waals surface area contributed by atoms with Crippen LogP contribution in [0.2, 0.25) is 0 Å². The van der Waals surface area contributed by atoms with Crippen LogP contribution in [0.4, 0.5) is 0 Å². The second-order valence-electron chi connectivity index (χ2n) is 7.30. The number of rotatable bonds is 9. The van der Waals surface area contributed by atoms with Crippen molar-refractivity contribution in [2.75, 3.05) is 41.0 Å². The molecule has 33 heavy (non-hydrogen) atoms. The Morgan fingerprint density at radius 2 is 1.73 bits per heavy atom. The first kappa shape index (κ1) is 24.3. The molecule has 0 saturated heterocycles. The van der Waals surface area contributed by atoms with Crippen molar-refractivity contribution in [2.45, 2.75) is 11.3 Å². The molecule has 0 radical (unpaired) electrons. The Kier molecular flexibility index (Phi) is 7.78. The van der Waals surface area contributed by atoms with Gasteiger partial charge in [-0.25, -0.2) is 13.1 Å². The number of hydrogen-bond donors (Lipinski definition) is 1. The lowest BCUT2D eigenvalue weighted by atomic mass is 9.96. The normalized spacial score (nSPS) is 13.8. The summed E-state index contributed by atoms with van der Waals surface area (Å²) in [4.78, 5) is 14.8. The van der Waals surface area contributed by atoms with Gasteiger partial charge in [0.2, 0.25) is 10.0 Å². The number of methoxy groups -OCH3 is 3. The van der Waals surface area contributed by atoms with E-state index in [-0.39, 0.29) is 17.3 Å². The summed E-state index contributed by atoms with van der Waals surface area (Å²) in [5, 5.41) is 0. The van der Waals surface area contributed by atoms with Crippen molar-refractivity contribution >= 4 is 21.5 Å². The van der Waals surface area contributed by atoms with E-state index in [0.717, 1.165) is 11.1 Å². The van der Waals surface area contributed by atoms with Gasteiger partial charge in [-0.3, -0.25) is 4.79 Å². The Hall–Kier alpha value is -3.30. The van der Waals surface area contributed by atoms with Gasteiger partial charge in [0.05, 0.1) is 31.8 Å². The van der Waals surface area contributed by atoms with E-state index in [1.165, 1.54) is 30.3 Å². The van der Waals surface area contributed by atoms with Crippen LogP contribution in [0.25, 0.3) is 5.57 Å². The van der Waals surface area contributed by atoms with Crippen LogP contribution >= 0.6 is 0 Å². The highest BCUT2D eigenvalue weighted by molar-refractivity contribution is 7.89. The molecule has 0 bridgehead atoms. The minimum atomic E-state index is -3.63. The Labute approximate surface area is 194 Å². The van der Waals surface area contributed by atoms with Crippen LogP contribution in [-0.4, -0.2) is 60.2 Å². The number of sulfonamides is 1. The maximum atomic E-state index is 13.0. The van der Waals surface area contributed by atoms with Crippen LogP contribution in [0.15, 0.2) is 60.0 Å². The van der Waals surface area contributed by atoms with Gasteiger partial charge < -0.3 is 19.1 Å². The van der Waals surface area contributed by atoms with Crippen molar-refractivity contribution in [1.29, 1.82) is 0 Å². The van der Waals surface area contributed by atoms with Gasteiger partial charge in [0, 0.05) is 37.3 Å². The average molecular weight is 473 g/mol. The second kappa shape index (κ2) is 10.5. The van der Waals surface area contributed by atoms with Gasteiger partial charge in [-0.1, -0.05) is 12.2 Å². The van der Waals surface area contributed by atoms with Crippen molar-refractivity contribution in [2.24, 2.45) is 0 Å². The molecule has 8 nitrogen and oxygen atoms in total. The molecule has 0 saturated carbocycles. The second-order valence-corrected chi connectivity index (χ2v) is 9.07. The number of nitrogens with one attached hydrogen (secondary N) is 1. The SMILES string of the molecule is C=CCNS(=O)(=O)c1ccc(C(=O)N2CC=C(c3c(OC)cc(OC)cc3OC)CC2)cc1. The molecule has 2 aromatic rings. The fourth-order valence-electron chi connectivity index (χ4n) is 3.61. The first-order valence-electron chi connectivity index (χ1n) is 10.3. The summed E-state index contributed by atoms with van der Waals surface area (Å²) in [6.07, 6.45) is 4.06. The number of carbonyl (C=O) groups is 1. The first-order chi connectivity index (χ1) is 15.8. The zero-order valence-corrected chi connectivity index (χ0v) is 19.8. The first-order valence-corrected chi connectivity index (χ1v) is 11.8. The number of ether oxygens (including phenoxy) is 3. The summed E-state index contributed by atoms with van der Waals surface area (Å²) in [5.41, 5.74) is 2.29. The molecule has 0 atom stereocenters. The molecule has 176 valence electrons. The van der Waals surface area contributed by atoms with E-state index >= 15 is 0 Å². The molecule has 0 aromatic heterocycles. The zero-order chi connectivity index (χ0) is 24.0. The number of amides is 1. The van der Waals surface area contributed by atoms with E-state index in [0.29, 0.717) is 42.3 Å². The van der Waals surface area contributed by atoms with E-state index in [9.17, 15) is 13.2 Å². The van der Waals surface area contributed by atoms with Gasteiger partial charge >= 0.3 is 0 Å². The third kappa shape index (κ3) is 5.37. The molecule has 9 heteroatoms. The summed E-state index contributed by atoms with van der Waals surface area (Å²) in [6.45, 7) is 4.54. The van der Waals surface area contributed by atoms with Gasteiger partial charge in [0.25, 0.3) is 5.91 Å². The van der Waals surface area contributed by atoms with E-state index in [1.807, 2.05) is 6.08 Å². The van der Waals surface area contributed by atoms with Crippen molar-refractivity contribution in [3.05, 3.63) is 66.3 Å². The van der Waals surface area contributed by atoms with Crippen molar-refractivity contribution in [1.82, 2.24) is 9.62 Å². The molecule has 1 amide bonds. The minimum Gasteiger partial charge on any atom is -0.496 e. The average Bonchev–Trinajstić information content (AvgIpc) is 2.86. The van der Waals surface area contributed by atoms with E-state index < -0.39 is 10.0 Å². The van der Waals surface area contributed by atoms with Gasteiger partial charge in [-0.2, -0.15) is 0 Å². The lowest BCUT2D eigenvalue weighted by molar-refractivity contribution is 0.0772. The predicted molar refractivity (Wildman–Crippen MR) is 126 cm³/mol. The standard InChI is InChI=1S/C24H28N2O6S/c1-5-12-25-33(28,29)20-8-6-18(7-9-20)24(27)26-13-10-17(11-14-26)23-21(31-3)15-19(30-2)16-22(23)32-4/h5-10,15-16,25H,1,11-14H2,2-4H3. The lowest BCUT2D eigenvalue weighted by Crippen LogP contribution is -2.34. The zero-order valence-electron chi connectivity index (χ0n) is 19.0. The number of benzene rings is 2. The fourth-order valence-corrected chi connectivity index (χ4v) is 4.61. The summed E-state index contributed by atoms with van der Waals surface area (Å²) in [7, 11) is 1.13. The maximum absolute atomic E-state index is 13.0. The Bertz CT molecular complexity index is 1130. The Balaban J connectivity index is 1.77. The van der Waals surface area contributed by atoms with Crippen LogP contribution in [0.5, 0.6) is 17.2 Å². The molecule has 0 unspecified atom stereocenters. The third-order valence-corrected chi connectivity index (χ3v) is 6.80. The van der Waals surface area contributed by atoms with Gasteiger partial charge in [0.15, 0.2) is 0 Å². The maximum Gasteiger partial charge on any atom is 0.254 e. The summed E-state index contributed by atoms with van der Waals surface area (Å²) >= 11 is 0. The third-order valence-electron chi connectivity index (χ3n) is 5.36. The molecule has 3 rings (SSSR count). The fraction of sp³-hybridized carbons (Fsp3) is 0.292. The molecular formula is C24H28N2O6S. The van der Waals surface area contributed by atoms with Crippen LogP contribution in [0.3, 0.4) is 0 Å². The minimum absolute atomic E-state index is 0.0976. The monoisotopic (exact) mass is 472 g/mol.